The fourth-order valence-corrected chi connectivity index (χ4v) is 3.12. The molecule has 1 aromatic heterocycles. The number of benzene rings is 1. The molecule has 0 unspecified atom stereocenters. The number of methoxy groups -OCH3 is 1. The Labute approximate surface area is 134 Å². The fourth-order valence-electron chi connectivity index (χ4n) is 2.51. The first-order valence-electron chi connectivity index (χ1n) is 7.57. The Morgan fingerprint density at radius 1 is 1.36 bits per heavy atom. The standard InChI is InChI=1S/C17H20N2O2S/c1-21-15-6-2-13(3-7-15)12-17(20)19(14-4-5-14)10-8-16-18-9-11-22-16/h2-3,6-7,9,11,14H,4-5,8,10,12H2,1H3. The molecule has 1 aliphatic rings. The molecule has 22 heavy (non-hydrogen) atoms. The zero-order valence-corrected chi connectivity index (χ0v) is 13.5. The number of rotatable bonds is 7. The van der Waals surface area contributed by atoms with E-state index in [2.05, 4.69) is 4.98 Å². The molecule has 0 spiro atoms. The summed E-state index contributed by atoms with van der Waals surface area (Å²) in [5, 5.41) is 3.08. The smallest absolute Gasteiger partial charge is 0.227 e. The third kappa shape index (κ3) is 3.85. The lowest BCUT2D eigenvalue weighted by atomic mass is 10.1. The van der Waals surface area contributed by atoms with Gasteiger partial charge in [0, 0.05) is 30.6 Å². The molecule has 0 bridgehead atoms. The van der Waals surface area contributed by atoms with Crippen LogP contribution in [0.25, 0.3) is 0 Å². The monoisotopic (exact) mass is 316 g/mol. The second-order valence-corrected chi connectivity index (χ2v) is 6.50. The molecule has 1 saturated carbocycles. The zero-order chi connectivity index (χ0) is 15.4. The molecule has 0 atom stereocenters. The summed E-state index contributed by atoms with van der Waals surface area (Å²) >= 11 is 1.65. The van der Waals surface area contributed by atoms with Crippen molar-refractivity contribution < 1.29 is 9.53 Å². The second kappa shape index (κ2) is 6.92. The lowest BCUT2D eigenvalue weighted by Crippen LogP contribution is -2.36. The van der Waals surface area contributed by atoms with Crippen LogP contribution in [0.2, 0.25) is 0 Å². The first kappa shape index (κ1) is 15.0. The van der Waals surface area contributed by atoms with Gasteiger partial charge in [0.15, 0.2) is 0 Å². The van der Waals surface area contributed by atoms with Crippen molar-refractivity contribution in [2.75, 3.05) is 13.7 Å². The first-order valence-corrected chi connectivity index (χ1v) is 8.45. The number of amides is 1. The molecule has 2 aromatic rings. The van der Waals surface area contributed by atoms with Gasteiger partial charge < -0.3 is 9.64 Å². The average molecular weight is 316 g/mol. The van der Waals surface area contributed by atoms with E-state index < -0.39 is 0 Å². The van der Waals surface area contributed by atoms with Crippen molar-refractivity contribution in [3.05, 3.63) is 46.4 Å². The van der Waals surface area contributed by atoms with Crippen molar-refractivity contribution in [3.8, 4) is 5.75 Å². The molecule has 1 aliphatic carbocycles. The van der Waals surface area contributed by atoms with Crippen LogP contribution in [0, 0.1) is 0 Å². The predicted octanol–water partition coefficient (Wildman–Crippen LogP) is 2.93. The highest BCUT2D eigenvalue weighted by atomic mass is 32.1. The maximum Gasteiger partial charge on any atom is 0.227 e. The Hall–Kier alpha value is -1.88. The molecule has 1 aromatic carbocycles. The predicted molar refractivity (Wildman–Crippen MR) is 87.3 cm³/mol. The Morgan fingerprint density at radius 2 is 2.14 bits per heavy atom. The third-order valence-corrected chi connectivity index (χ3v) is 4.71. The fraction of sp³-hybridized carbons (Fsp3) is 0.412. The SMILES string of the molecule is COc1ccc(CC(=O)N(CCc2nccs2)C2CC2)cc1. The van der Waals surface area contributed by atoms with Crippen LogP contribution in [0.15, 0.2) is 35.8 Å². The second-order valence-electron chi connectivity index (χ2n) is 5.52. The summed E-state index contributed by atoms with van der Waals surface area (Å²) in [6, 6.07) is 8.16. The number of carbonyl (C=O) groups excluding carboxylic acids is 1. The topological polar surface area (TPSA) is 42.4 Å². The number of nitrogens with zero attached hydrogens (tertiary/aromatic N) is 2. The van der Waals surface area contributed by atoms with E-state index in [4.69, 9.17) is 4.74 Å². The van der Waals surface area contributed by atoms with E-state index in [1.807, 2.05) is 40.7 Å². The van der Waals surface area contributed by atoms with Gasteiger partial charge in [0.25, 0.3) is 0 Å². The van der Waals surface area contributed by atoms with E-state index in [-0.39, 0.29) is 5.91 Å². The number of ether oxygens (including phenoxy) is 1. The third-order valence-electron chi connectivity index (χ3n) is 3.87. The molecule has 1 fully saturated rings. The molecule has 1 amide bonds. The molecule has 3 rings (SSSR count). The number of hydrogen-bond acceptors (Lipinski definition) is 4. The molecular formula is C17H20N2O2S. The number of carbonyl (C=O) groups is 1. The van der Waals surface area contributed by atoms with E-state index >= 15 is 0 Å². The highest BCUT2D eigenvalue weighted by Crippen LogP contribution is 2.28. The summed E-state index contributed by atoms with van der Waals surface area (Å²) in [5.74, 6) is 1.03. The van der Waals surface area contributed by atoms with Gasteiger partial charge in [0.1, 0.15) is 5.75 Å². The molecule has 0 N–H and O–H groups in total. The Kier molecular flexibility index (Phi) is 4.73. The summed E-state index contributed by atoms with van der Waals surface area (Å²) in [6.45, 7) is 0.771. The zero-order valence-electron chi connectivity index (χ0n) is 12.7. The maximum absolute atomic E-state index is 12.6. The van der Waals surface area contributed by atoms with E-state index in [0.717, 1.165) is 42.1 Å². The normalized spacial score (nSPS) is 13.9. The minimum Gasteiger partial charge on any atom is -0.497 e. The number of thiazole rings is 1. The Bertz CT molecular complexity index is 606. The minimum absolute atomic E-state index is 0.212. The van der Waals surface area contributed by atoms with Gasteiger partial charge in [-0.05, 0) is 30.5 Å². The van der Waals surface area contributed by atoms with Crippen LogP contribution < -0.4 is 4.74 Å². The number of hydrogen-bond donors (Lipinski definition) is 0. The van der Waals surface area contributed by atoms with E-state index in [9.17, 15) is 4.79 Å². The van der Waals surface area contributed by atoms with Crippen LogP contribution in [0.1, 0.15) is 23.4 Å². The van der Waals surface area contributed by atoms with Crippen molar-refractivity contribution >= 4 is 17.2 Å². The van der Waals surface area contributed by atoms with Crippen LogP contribution in [0.3, 0.4) is 0 Å². The molecule has 0 radical (unpaired) electrons. The van der Waals surface area contributed by atoms with Crippen LogP contribution in [0.4, 0.5) is 0 Å². The summed E-state index contributed by atoms with van der Waals surface area (Å²) in [7, 11) is 1.65. The van der Waals surface area contributed by atoms with Crippen molar-refractivity contribution in [1.82, 2.24) is 9.88 Å². The summed E-state index contributed by atoms with van der Waals surface area (Å²) in [4.78, 5) is 18.9. The van der Waals surface area contributed by atoms with E-state index in [1.54, 1.807) is 18.4 Å². The van der Waals surface area contributed by atoms with Crippen LogP contribution in [-0.4, -0.2) is 35.5 Å². The molecule has 5 heteroatoms. The molecule has 4 nitrogen and oxygen atoms in total. The molecule has 1 heterocycles. The molecular weight excluding hydrogens is 296 g/mol. The van der Waals surface area contributed by atoms with E-state index in [1.165, 1.54) is 0 Å². The van der Waals surface area contributed by atoms with Crippen molar-refractivity contribution in [1.29, 1.82) is 0 Å². The Morgan fingerprint density at radius 3 is 2.73 bits per heavy atom. The van der Waals surface area contributed by atoms with Gasteiger partial charge >= 0.3 is 0 Å². The van der Waals surface area contributed by atoms with Crippen molar-refractivity contribution in [2.45, 2.75) is 31.7 Å². The quantitative estimate of drug-likeness (QED) is 0.789. The first-order chi connectivity index (χ1) is 10.8. The largest absolute Gasteiger partial charge is 0.497 e. The van der Waals surface area contributed by atoms with Crippen molar-refractivity contribution in [2.24, 2.45) is 0 Å². The van der Waals surface area contributed by atoms with Gasteiger partial charge in [-0.1, -0.05) is 12.1 Å². The van der Waals surface area contributed by atoms with Crippen LogP contribution in [0.5, 0.6) is 5.75 Å². The lowest BCUT2D eigenvalue weighted by Gasteiger charge is -2.22. The summed E-state index contributed by atoms with van der Waals surface area (Å²) in [5.41, 5.74) is 1.03. The highest BCUT2D eigenvalue weighted by molar-refractivity contribution is 7.09. The Balaban J connectivity index is 1.59. The maximum atomic E-state index is 12.6. The van der Waals surface area contributed by atoms with Gasteiger partial charge in [-0.2, -0.15) is 0 Å². The summed E-state index contributed by atoms with van der Waals surface area (Å²) < 4.78 is 5.15. The van der Waals surface area contributed by atoms with Gasteiger partial charge in [-0.15, -0.1) is 11.3 Å². The van der Waals surface area contributed by atoms with Gasteiger partial charge in [-0.25, -0.2) is 4.98 Å². The van der Waals surface area contributed by atoms with Crippen LogP contribution in [-0.2, 0) is 17.6 Å². The van der Waals surface area contributed by atoms with Gasteiger partial charge in [0.05, 0.1) is 18.5 Å². The average Bonchev–Trinajstić information content (AvgIpc) is 3.23. The van der Waals surface area contributed by atoms with Gasteiger partial charge in [-0.3, -0.25) is 4.79 Å². The highest BCUT2D eigenvalue weighted by Gasteiger charge is 2.32. The molecule has 116 valence electrons. The number of aromatic nitrogens is 1. The summed E-state index contributed by atoms with van der Waals surface area (Å²) in [6.07, 6.45) is 5.39. The lowest BCUT2D eigenvalue weighted by molar-refractivity contribution is -0.131. The van der Waals surface area contributed by atoms with Gasteiger partial charge in [0.2, 0.25) is 5.91 Å². The van der Waals surface area contributed by atoms with E-state index in [0.29, 0.717) is 12.5 Å². The van der Waals surface area contributed by atoms with Crippen LogP contribution >= 0.6 is 11.3 Å². The molecule has 0 aliphatic heterocycles. The minimum atomic E-state index is 0.212. The van der Waals surface area contributed by atoms with Crippen molar-refractivity contribution in [3.63, 3.8) is 0 Å². The molecule has 0 saturated heterocycles.